The molecule has 0 aliphatic carbocycles. The minimum atomic E-state index is 0.600. The highest BCUT2D eigenvalue weighted by molar-refractivity contribution is 5.83. The monoisotopic (exact) mass is 274 g/mol. The summed E-state index contributed by atoms with van der Waals surface area (Å²) in [6.45, 7) is 11.0. The van der Waals surface area contributed by atoms with Gasteiger partial charge in [0.15, 0.2) is 0 Å². The van der Waals surface area contributed by atoms with Crippen LogP contribution in [-0.2, 0) is 17.8 Å². The van der Waals surface area contributed by atoms with E-state index in [1.165, 1.54) is 16.5 Å². The lowest BCUT2D eigenvalue weighted by Gasteiger charge is -2.09. The summed E-state index contributed by atoms with van der Waals surface area (Å²) in [5.41, 5.74) is 2.67. The average Bonchev–Trinajstić information content (AvgIpc) is 2.85. The Kier molecular flexibility index (Phi) is 5.62. The number of hydrogen-bond acceptors (Lipinski definition) is 2. The molecule has 3 heteroatoms. The predicted octanol–water partition coefficient (Wildman–Crippen LogP) is 3.42. The van der Waals surface area contributed by atoms with Crippen LogP contribution in [-0.4, -0.2) is 24.3 Å². The summed E-state index contributed by atoms with van der Waals surface area (Å²) in [5.74, 6) is 0.600. The van der Waals surface area contributed by atoms with Crippen LogP contribution in [0, 0.1) is 5.92 Å². The second-order valence-electron chi connectivity index (χ2n) is 5.61. The number of fused-ring (bicyclic) bond motifs is 1. The number of benzene rings is 1. The molecule has 0 radical (unpaired) electrons. The Morgan fingerprint density at radius 1 is 1.25 bits per heavy atom. The Hall–Kier alpha value is -1.32. The van der Waals surface area contributed by atoms with E-state index in [0.717, 1.165) is 32.8 Å². The Balaban J connectivity index is 2.04. The smallest absolute Gasteiger partial charge is 0.0645 e. The Labute approximate surface area is 121 Å². The molecule has 0 saturated carbocycles. The van der Waals surface area contributed by atoms with Gasteiger partial charge in [0.25, 0.3) is 0 Å². The lowest BCUT2D eigenvalue weighted by molar-refractivity contribution is 0.104. The molecule has 1 heterocycles. The molecule has 0 aliphatic rings. The summed E-state index contributed by atoms with van der Waals surface area (Å²) in [7, 11) is 0. The number of rotatable bonds is 8. The standard InChI is InChI=1S/C17H26N2O/c1-4-18-12-15-6-5-7-17-16(15)8-9-19(17)10-11-20-13-14(2)3/h5-9,14,18H,4,10-13H2,1-3H3. The van der Waals surface area contributed by atoms with Crippen molar-refractivity contribution in [3.8, 4) is 0 Å². The summed E-state index contributed by atoms with van der Waals surface area (Å²) in [4.78, 5) is 0. The fraction of sp³-hybridized carbons (Fsp3) is 0.529. The van der Waals surface area contributed by atoms with Crippen molar-refractivity contribution < 1.29 is 4.74 Å². The van der Waals surface area contributed by atoms with Gasteiger partial charge >= 0.3 is 0 Å². The van der Waals surface area contributed by atoms with Crippen LogP contribution in [0.5, 0.6) is 0 Å². The van der Waals surface area contributed by atoms with E-state index in [1.807, 2.05) is 0 Å². The normalized spacial score (nSPS) is 11.6. The molecule has 0 bridgehead atoms. The van der Waals surface area contributed by atoms with Crippen molar-refractivity contribution in [3.63, 3.8) is 0 Å². The topological polar surface area (TPSA) is 26.2 Å². The molecule has 1 N–H and O–H groups in total. The summed E-state index contributed by atoms with van der Waals surface area (Å²) >= 11 is 0. The number of ether oxygens (including phenoxy) is 1. The molecular weight excluding hydrogens is 248 g/mol. The zero-order chi connectivity index (χ0) is 14.4. The number of hydrogen-bond donors (Lipinski definition) is 1. The molecule has 1 aromatic heterocycles. The van der Waals surface area contributed by atoms with E-state index in [4.69, 9.17) is 4.74 Å². The van der Waals surface area contributed by atoms with Crippen LogP contribution in [0.25, 0.3) is 10.9 Å². The van der Waals surface area contributed by atoms with E-state index < -0.39 is 0 Å². The average molecular weight is 274 g/mol. The highest BCUT2D eigenvalue weighted by atomic mass is 16.5. The van der Waals surface area contributed by atoms with Crippen molar-refractivity contribution in [3.05, 3.63) is 36.0 Å². The minimum absolute atomic E-state index is 0.600. The first-order chi connectivity index (χ1) is 9.72. The second kappa shape index (κ2) is 7.46. The van der Waals surface area contributed by atoms with Crippen LogP contribution in [0.3, 0.4) is 0 Å². The third kappa shape index (κ3) is 3.84. The van der Waals surface area contributed by atoms with E-state index in [-0.39, 0.29) is 0 Å². The predicted molar refractivity (Wildman–Crippen MR) is 85.0 cm³/mol. The molecule has 0 saturated heterocycles. The number of aromatic nitrogens is 1. The van der Waals surface area contributed by atoms with Crippen molar-refractivity contribution >= 4 is 10.9 Å². The molecule has 110 valence electrons. The molecule has 0 atom stereocenters. The third-order valence-corrected chi connectivity index (χ3v) is 3.40. The first-order valence-electron chi connectivity index (χ1n) is 7.57. The van der Waals surface area contributed by atoms with Gasteiger partial charge in [0, 0.05) is 36.8 Å². The molecule has 0 amide bonds. The Morgan fingerprint density at radius 2 is 2.10 bits per heavy atom. The summed E-state index contributed by atoms with van der Waals surface area (Å²) in [6.07, 6.45) is 2.17. The van der Waals surface area contributed by atoms with E-state index >= 15 is 0 Å². The summed E-state index contributed by atoms with van der Waals surface area (Å²) in [5, 5.41) is 4.74. The molecular formula is C17H26N2O. The fourth-order valence-electron chi connectivity index (χ4n) is 2.38. The number of nitrogens with one attached hydrogen (secondary N) is 1. The van der Waals surface area contributed by atoms with Gasteiger partial charge in [-0.15, -0.1) is 0 Å². The highest BCUT2D eigenvalue weighted by Crippen LogP contribution is 2.20. The molecule has 2 aromatic rings. The van der Waals surface area contributed by atoms with E-state index in [2.05, 4.69) is 61.1 Å². The SMILES string of the molecule is CCNCc1cccc2c1ccn2CCOCC(C)C. The number of nitrogens with zero attached hydrogens (tertiary/aromatic N) is 1. The molecule has 0 unspecified atom stereocenters. The quantitative estimate of drug-likeness (QED) is 0.746. The lowest BCUT2D eigenvalue weighted by Crippen LogP contribution is -2.12. The molecule has 2 rings (SSSR count). The van der Waals surface area contributed by atoms with Crippen molar-refractivity contribution in [1.29, 1.82) is 0 Å². The maximum atomic E-state index is 5.68. The molecule has 20 heavy (non-hydrogen) atoms. The van der Waals surface area contributed by atoms with E-state index in [1.54, 1.807) is 0 Å². The van der Waals surface area contributed by atoms with Gasteiger partial charge in [0.1, 0.15) is 0 Å². The van der Waals surface area contributed by atoms with Gasteiger partial charge in [-0.3, -0.25) is 0 Å². The van der Waals surface area contributed by atoms with Crippen molar-refractivity contribution in [1.82, 2.24) is 9.88 Å². The zero-order valence-electron chi connectivity index (χ0n) is 12.9. The molecule has 1 aromatic carbocycles. The molecule has 0 aliphatic heterocycles. The third-order valence-electron chi connectivity index (χ3n) is 3.40. The molecule has 0 spiro atoms. The first kappa shape index (κ1) is 15.1. The van der Waals surface area contributed by atoms with Crippen LogP contribution < -0.4 is 5.32 Å². The minimum Gasteiger partial charge on any atom is -0.379 e. The van der Waals surface area contributed by atoms with Gasteiger partial charge in [0.05, 0.1) is 6.61 Å². The van der Waals surface area contributed by atoms with Crippen LogP contribution in [0.15, 0.2) is 30.5 Å². The Morgan fingerprint density at radius 3 is 2.85 bits per heavy atom. The van der Waals surface area contributed by atoms with E-state index in [9.17, 15) is 0 Å². The van der Waals surface area contributed by atoms with Gasteiger partial charge in [-0.25, -0.2) is 0 Å². The van der Waals surface area contributed by atoms with Gasteiger partial charge in [0.2, 0.25) is 0 Å². The fourth-order valence-corrected chi connectivity index (χ4v) is 2.38. The van der Waals surface area contributed by atoms with Crippen LogP contribution >= 0.6 is 0 Å². The second-order valence-corrected chi connectivity index (χ2v) is 5.61. The van der Waals surface area contributed by atoms with Gasteiger partial charge in [-0.05, 0) is 30.2 Å². The molecule has 0 fully saturated rings. The van der Waals surface area contributed by atoms with Crippen molar-refractivity contribution in [2.24, 2.45) is 5.92 Å². The first-order valence-corrected chi connectivity index (χ1v) is 7.57. The lowest BCUT2D eigenvalue weighted by atomic mass is 10.1. The van der Waals surface area contributed by atoms with Crippen molar-refractivity contribution in [2.75, 3.05) is 19.8 Å². The van der Waals surface area contributed by atoms with E-state index in [0.29, 0.717) is 5.92 Å². The van der Waals surface area contributed by atoms with Crippen LogP contribution in [0.1, 0.15) is 26.3 Å². The van der Waals surface area contributed by atoms with Crippen LogP contribution in [0.2, 0.25) is 0 Å². The summed E-state index contributed by atoms with van der Waals surface area (Å²) in [6, 6.07) is 8.74. The van der Waals surface area contributed by atoms with Gasteiger partial charge < -0.3 is 14.6 Å². The highest BCUT2D eigenvalue weighted by Gasteiger charge is 2.05. The van der Waals surface area contributed by atoms with Gasteiger partial charge in [-0.2, -0.15) is 0 Å². The maximum absolute atomic E-state index is 5.68. The summed E-state index contributed by atoms with van der Waals surface area (Å²) < 4.78 is 7.96. The molecule has 3 nitrogen and oxygen atoms in total. The zero-order valence-corrected chi connectivity index (χ0v) is 12.9. The largest absolute Gasteiger partial charge is 0.379 e. The Bertz CT molecular complexity index is 531. The van der Waals surface area contributed by atoms with Crippen LogP contribution in [0.4, 0.5) is 0 Å². The maximum Gasteiger partial charge on any atom is 0.0645 e. The van der Waals surface area contributed by atoms with Gasteiger partial charge in [-0.1, -0.05) is 32.9 Å². The van der Waals surface area contributed by atoms with Crippen molar-refractivity contribution in [2.45, 2.75) is 33.9 Å².